The Balaban J connectivity index is 2.09. The first-order valence-corrected chi connectivity index (χ1v) is 8.71. The van der Waals surface area contributed by atoms with Gasteiger partial charge >= 0.3 is 0 Å². The quantitative estimate of drug-likeness (QED) is 0.833. The van der Waals surface area contributed by atoms with Gasteiger partial charge in [-0.25, -0.2) is 0 Å². The Morgan fingerprint density at radius 1 is 1.29 bits per heavy atom. The molecule has 134 valence electrons. The number of carbonyl (C=O) groups is 1. The first-order valence-electron chi connectivity index (χ1n) is 8.71. The highest BCUT2D eigenvalue weighted by atomic mass is 16.5. The number of nitrogens with one attached hydrogen (secondary N) is 1. The van der Waals surface area contributed by atoms with Gasteiger partial charge in [-0.3, -0.25) is 9.69 Å². The van der Waals surface area contributed by atoms with Gasteiger partial charge in [0.05, 0.1) is 20.8 Å². The van der Waals surface area contributed by atoms with Crippen molar-refractivity contribution in [1.29, 1.82) is 0 Å². The van der Waals surface area contributed by atoms with Crippen LogP contribution in [0.15, 0.2) is 18.2 Å². The average molecular weight is 334 g/mol. The summed E-state index contributed by atoms with van der Waals surface area (Å²) in [6, 6.07) is 6.32. The molecule has 1 amide bonds. The second-order valence-corrected chi connectivity index (χ2v) is 6.84. The van der Waals surface area contributed by atoms with Crippen molar-refractivity contribution in [2.24, 2.45) is 5.92 Å². The van der Waals surface area contributed by atoms with Crippen LogP contribution < -0.4 is 14.8 Å². The molecule has 0 radical (unpaired) electrons. The van der Waals surface area contributed by atoms with Crippen LogP contribution in [-0.4, -0.2) is 44.2 Å². The van der Waals surface area contributed by atoms with E-state index in [0.29, 0.717) is 12.5 Å². The van der Waals surface area contributed by atoms with Gasteiger partial charge in [0.25, 0.3) is 0 Å². The summed E-state index contributed by atoms with van der Waals surface area (Å²) in [5.41, 5.74) is 1.13. The van der Waals surface area contributed by atoms with E-state index in [2.05, 4.69) is 37.1 Å². The van der Waals surface area contributed by atoms with Crippen molar-refractivity contribution in [3.05, 3.63) is 23.8 Å². The van der Waals surface area contributed by atoms with Crippen LogP contribution in [0.25, 0.3) is 0 Å². The molecule has 0 spiro atoms. The molecule has 2 atom stereocenters. The molecule has 1 aromatic rings. The molecule has 2 unspecified atom stereocenters. The highest BCUT2D eigenvalue weighted by molar-refractivity contribution is 5.78. The summed E-state index contributed by atoms with van der Waals surface area (Å²) in [6.07, 6.45) is 2.13. The first kappa shape index (κ1) is 18.6. The normalized spacial score (nSPS) is 19.3. The van der Waals surface area contributed by atoms with Gasteiger partial charge < -0.3 is 14.8 Å². The summed E-state index contributed by atoms with van der Waals surface area (Å²) in [7, 11) is 3.32. The van der Waals surface area contributed by atoms with Crippen molar-refractivity contribution in [1.82, 2.24) is 10.2 Å². The molecule has 1 aliphatic heterocycles. The second-order valence-electron chi connectivity index (χ2n) is 6.84. The Hall–Kier alpha value is -1.75. The van der Waals surface area contributed by atoms with Gasteiger partial charge in [-0.1, -0.05) is 19.9 Å². The maximum atomic E-state index is 12.3. The number of amides is 1. The lowest BCUT2D eigenvalue weighted by atomic mass is 10.0. The minimum atomic E-state index is 0.0931. The predicted molar refractivity (Wildman–Crippen MR) is 95.5 cm³/mol. The molecule has 1 N–H and O–H groups in total. The van der Waals surface area contributed by atoms with Gasteiger partial charge in [0, 0.05) is 23.7 Å². The zero-order valence-corrected chi connectivity index (χ0v) is 15.5. The average Bonchev–Trinajstić information content (AvgIpc) is 3.01. The molecule has 0 aromatic heterocycles. The number of carbonyl (C=O) groups excluding carboxylic acids is 1. The Morgan fingerprint density at radius 2 is 2.04 bits per heavy atom. The molecule has 1 heterocycles. The van der Waals surface area contributed by atoms with E-state index >= 15 is 0 Å². The molecule has 1 aliphatic rings. The molecule has 5 nitrogen and oxygen atoms in total. The van der Waals surface area contributed by atoms with Gasteiger partial charge in [-0.15, -0.1) is 0 Å². The third-order valence-electron chi connectivity index (χ3n) is 4.90. The highest BCUT2D eigenvalue weighted by Gasteiger charge is 2.30. The van der Waals surface area contributed by atoms with Crippen LogP contribution in [0.2, 0.25) is 0 Å². The Morgan fingerprint density at radius 3 is 2.67 bits per heavy atom. The number of hydrogen-bond donors (Lipinski definition) is 1. The number of ether oxygens (including phenoxy) is 2. The SMILES string of the molecule is COc1ccc(C2CCCN2CC(=O)NC(C)C(C)C)c(OC)c1. The summed E-state index contributed by atoms with van der Waals surface area (Å²) < 4.78 is 10.8. The third-order valence-corrected chi connectivity index (χ3v) is 4.90. The summed E-state index contributed by atoms with van der Waals surface area (Å²) in [5, 5.41) is 3.09. The number of rotatable bonds is 7. The van der Waals surface area contributed by atoms with Crippen molar-refractivity contribution < 1.29 is 14.3 Å². The van der Waals surface area contributed by atoms with Gasteiger partial charge in [-0.05, 0) is 38.3 Å². The van der Waals surface area contributed by atoms with Crippen molar-refractivity contribution in [2.75, 3.05) is 27.3 Å². The minimum absolute atomic E-state index is 0.0931. The van der Waals surface area contributed by atoms with Crippen LogP contribution >= 0.6 is 0 Å². The van der Waals surface area contributed by atoms with E-state index < -0.39 is 0 Å². The van der Waals surface area contributed by atoms with E-state index in [-0.39, 0.29) is 18.0 Å². The van der Waals surface area contributed by atoms with E-state index in [0.717, 1.165) is 36.4 Å². The number of benzene rings is 1. The van der Waals surface area contributed by atoms with Crippen LogP contribution in [0.4, 0.5) is 0 Å². The number of hydrogen-bond acceptors (Lipinski definition) is 4. The molecule has 2 rings (SSSR count). The maximum Gasteiger partial charge on any atom is 0.234 e. The zero-order valence-electron chi connectivity index (χ0n) is 15.5. The van der Waals surface area contributed by atoms with Gasteiger partial charge in [0.15, 0.2) is 0 Å². The van der Waals surface area contributed by atoms with E-state index in [1.165, 1.54) is 0 Å². The first-order chi connectivity index (χ1) is 11.5. The lowest BCUT2D eigenvalue weighted by Crippen LogP contribution is -2.42. The lowest BCUT2D eigenvalue weighted by Gasteiger charge is -2.27. The van der Waals surface area contributed by atoms with Gasteiger partial charge in [0.2, 0.25) is 5.91 Å². The lowest BCUT2D eigenvalue weighted by molar-refractivity contribution is -0.123. The molecule has 5 heteroatoms. The maximum absolute atomic E-state index is 12.3. The molecule has 0 bridgehead atoms. The van der Waals surface area contributed by atoms with Crippen LogP contribution in [-0.2, 0) is 4.79 Å². The molecule has 1 fully saturated rings. The highest BCUT2D eigenvalue weighted by Crippen LogP contribution is 2.38. The Bertz CT molecular complexity index is 560. The van der Waals surface area contributed by atoms with Crippen molar-refractivity contribution in [2.45, 2.75) is 45.7 Å². The van der Waals surface area contributed by atoms with Crippen molar-refractivity contribution >= 4 is 5.91 Å². The Kier molecular flexibility index (Phi) is 6.49. The fraction of sp³-hybridized carbons (Fsp3) is 0.632. The van der Waals surface area contributed by atoms with Crippen LogP contribution in [0.1, 0.15) is 45.2 Å². The van der Waals surface area contributed by atoms with E-state index in [9.17, 15) is 4.79 Å². The second kappa shape index (κ2) is 8.38. The molecule has 1 saturated heterocycles. The Labute approximate surface area is 145 Å². The van der Waals surface area contributed by atoms with E-state index in [1.54, 1.807) is 14.2 Å². The van der Waals surface area contributed by atoms with E-state index in [4.69, 9.17) is 9.47 Å². The number of methoxy groups -OCH3 is 2. The summed E-state index contributed by atoms with van der Waals surface area (Å²) in [4.78, 5) is 14.6. The van der Waals surface area contributed by atoms with E-state index in [1.807, 2.05) is 12.1 Å². The van der Waals surface area contributed by atoms with Crippen LogP contribution in [0, 0.1) is 5.92 Å². The molecule has 24 heavy (non-hydrogen) atoms. The zero-order chi connectivity index (χ0) is 17.7. The number of likely N-dealkylation sites (tertiary alicyclic amines) is 1. The standard InChI is InChI=1S/C19H30N2O3/c1-13(2)14(3)20-19(22)12-21-10-6-7-17(21)16-9-8-15(23-4)11-18(16)24-5/h8-9,11,13-14,17H,6-7,10,12H2,1-5H3,(H,20,22). The van der Waals surface area contributed by atoms with Crippen LogP contribution in [0.5, 0.6) is 11.5 Å². The predicted octanol–water partition coefficient (Wildman–Crippen LogP) is 3.00. The summed E-state index contributed by atoms with van der Waals surface area (Å²) >= 11 is 0. The largest absolute Gasteiger partial charge is 0.497 e. The summed E-state index contributed by atoms with van der Waals surface area (Å²) in [6.45, 7) is 7.65. The fourth-order valence-electron chi connectivity index (χ4n) is 3.11. The summed E-state index contributed by atoms with van der Waals surface area (Å²) in [5.74, 6) is 2.13. The molecular formula is C19H30N2O3. The monoisotopic (exact) mass is 334 g/mol. The number of nitrogens with zero attached hydrogens (tertiary/aromatic N) is 1. The smallest absolute Gasteiger partial charge is 0.234 e. The van der Waals surface area contributed by atoms with Gasteiger partial charge in [-0.2, -0.15) is 0 Å². The fourth-order valence-corrected chi connectivity index (χ4v) is 3.11. The minimum Gasteiger partial charge on any atom is -0.497 e. The molecule has 1 aromatic carbocycles. The van der Waals surface area contributed by atoms with Crippen molar-refractivity contribution in [3.8, 4) is 11.5 Å². The topological polar surface area (TPSA) is 50.8 Å². The molecule has 0 saturated carbocycles. The van der Waals surface area contributed by atoms with Crippen LogP contribution in [0.3, 0.4) is 0 Å². The molecule has 0 aliphatic carbocycles. The molecular weight excluding hydrogens is 304 g/mol. The van der Waals surface area contributed by atoms with Gasteiger partial charge in [0.1, 0.15) is 11.5 Å². The van der Waals surface area contributed by atoms with Crippen molar-refractivity contribution in [3.63, 3.8) is 0 Å². The third kappa shape index (κ3) is 4.41.